The molecular weight excluding hydrogens is 414 g/mol. The number of alkyl halides is 3. The van der Waals surface area contributed by atoms with E-state index in [4.69, 9.17) is 0 Å². The SMILES string of the molecule is O=C(CN1CCN(C(=O)CCc2cccc(F)c2)CC1)Nc1ccccc1C(F)(F)F. The Hall–Kier alpha value is -2.94. The quantitative estimate of drug-likeness (QED) is 0.704. The number of amides is 2. The van der Waals surface area contributed by atoms with Gasteiger partial charge in [-0.2, -0.15) is 13.2 Å². The van der Waals surface area contributed by atoms with E-state index in [9.17, 15) is 27.2 Å². The van der Waals surface area contributed by atoms with Crippen LogP contribution in [0.2, 0.25) is 0 Å². The van der Waals surface area contributed by atoms with Crippen LogP contribution in [0.4, 0.5) is 23.2 Å². The number of carbonyl (C=O) groups is 2. The van der Waals surface area contributed by atoms with Gasteiger partial charge in [0.05, 0.1) is 17.8 Å². The van der Waals surface area contributed by atoms with Gasteiger partial charge in [-0.05, 0) is 36.2 Å². The van der Waals surface area contributed by atoms with Crippen LogP contribution in [0.3, 0.4) is 0 Å². The highest BCUT2D eigenvalue weighted by atomic mass is 19.4. The molecule has 0 spiro atoms. The molecule has 1 saturated heterocycles. The number of piperazine rings is 1. The minimum absolute atomic E-state index is 0.0486. The number of rotatable bonds is 6. The molecule has 1 heterocycles. The van der Waals surface area contributed by atoms with Crippen molar-refractivity contribution in [2.24, 2.45) is 0 Å². The van der Waals surface area contributed by atoms with Crippen molar-refractivity contribution in [1.29, 1.82) is 0 Å². The average molecular weight is 437 g/mol. The molecule has 166 valence electrons. The van der Waals surface area contributed by atoms with Crippen molar-refractivity contribution >= 4 is 17.5 Å². The van der Waals surface area contributed by atoms with E-state index in [0.717, 1.165) is 11.6 Å². The van der Waals surface area contributed by atoms with Gasteiger partial charge in [-0.15, -0.1) is 0 Å². The predicted octanol–water partition coefficient (Wildman–Crippen LogP) is 3.56. The summed E-state index contributed by atoms with van der Waals surface area (Å²) < 4.78 is 52.4. The molecule has 2 aromatic rings. The second-order valence-corrected chi connectivity index (χ2v) is 7.38. The first kappa shape index (κ1) is 22.7. The van der Waals surface area contributed by atoms with Gasteiger partial charge < -0.3 is 10.2 Å². The van der Waals surface area contributed by atoms with Crippen LogP contribution in [0.25, 0.3) is 0 Å². The lowest BCUT2D eigenvalue weighted by molar-refractivity contribution is -0.137. The minimum atomic E-state index is -4.55. The molecule has 1 N–H and O–H groups in total. The summed E-state index contributed by atoms with van der Waals surface area (Å²) in [7, 11) is 0. The molecule has 2 aromatic carbocycles. The van der Waals surface area contributed by atoms with Crippen LogP contribution in [-0.4, -0.2) is 54.3 Å². The standard InChI is InChI=1S/C22H23F4N3O2/c23-17-5-3-4-16(14-17)8-9-21(31)29-12-10-28(11-13-29)15-20(30)27-19-7-2-1-6-18(19)22(24,25)26/h1-7,14H,8-13,15H2,(H,27,30). The van der Waals surface area contributed by atoms with Gasteiger partial charge in [0.15, 0.2) is 0 Å². The normalized spacial score (nSPS) is 15.0. The summed E-state index contributed by atoms with van der Waals surface area (Å²) >= 11 is 0. The number of anilines is 1. The fraction of sp³-hybridized carbons (Fsp3) is 0.364. The van der Waals surface area contributed by atoms with E-state index in [2.05, 4.69) is 5.32 Å². The minimum Gasteiger partial charge on any atom is -0.340 e. The zero-order valence-electron chi connectivity index (χ0n) is 16.8. The molecule has 0 aliphatic carbocycles. The molecule has 31 heavy (non-hydrogen) atoms. The number of hydrogen-bond donors (Lipinski definition) is 1. The van der Waals surface area contributed by atoms with Crippen molar-refractivity contribution in [3.63, 3.8) is 0 Å². The highest BCUT2D eigenvalue weighted by molar-refractivity contribution is 5.93. The van der Waals surface area contributed by atoms with E-state index in [0.29, 0.717) is 32.6 Å². The van der Waals surface area contributed by atoms with Crippen molar-refractivity contribution in [1.82, 2.24) is 9.80 Å². The molecule has 3 rings (SSSR count). The van der Waals surface area contributed by atoms with Crippen LogP contribution in [0.15, 0.2) is 48.5 Å². The Morgan fingerprint density at radius 1 is 0.968 bits per heavy atom. The largest absolute Gasteiger partial charge is 0.418 e. The van der Waals surface area contributed by atoms with Crippen LogP contribution in [0.1, 0.15) is 17.5 Å². The molecule has 9 heteroatoms. The van der Waals surface area contributed by atoms with E-state index in [1.165, 1.54) is 30.3 Å². The van der Waals surface area contributed by atoms with Crippen molar-refractivity contribution in [2.45, 2.75) is 19.0 Å². The highest BCUT2D eigenvalue weighted by Gasteiger charge is 2.33. The van der Waals surface area contributed by atoms with E-state index in [1.807, 2.05) is 0 Å². The second-order valence-electron chi connectivity index (χ2n) is 7.38. The van der Waals surface area contributed by atoms with Gasteiger partial charge in [0.25, 0.3) is 0 Å². The van der Waals surface area contributed by atoms with Crippen LogP contribution < -0.4 is 5.32 Å². The summed E-state index contributed by atoms with van der Waals surface area (Å²) in [4.78, 5) is 28.1. The molecule has 1 aliphatic heterocycles. The van der Waals surface area contributed by atoms with Crippen molar-refractivity contribution in [3.8, 4) is 0 Å². The molecule has 5 nitrogen and oxygen atoms in total. The zero-order chi connectivity index (χ0) is 22.4. The Kier molecular flexibility index (Phi) is 7.27. The van der Waals surface area contributed by atoms with Gasteiger partial charge in [-0.25, -0.2) is 4.39 Å². The van der Waals surface area contributed by atoms with Crippen LogP contribution in [-0.2, 0) is 22.2 Å². The average Bonchev–Trinajstić information content (AvgIpc) is 2.72. The first-order valence-electron chi connectivity index (χ1n) is 9.93. The number of benzene rings is 2. The third-order valence-electron chi connectivity index (χ3n) is 5.12. The van der Waals surface area contributed by atoms with Crippen LogP contribution in [0, 0.1) is 5.82 Å². The zero-order valence-corrected chi connectivity index (χ0v) is 16.8. The number of nitrogens with zero attached hydrogens (tertiary/aromatic N) is 2. The van der Waals surface area contributed by atoms with E-state index in [1.54, 1.807) is 21.9 Å². The number of aryl methyl sites for hydroxylation is 1. The second kappa shape index (κ2) is 9.91. The Morgan fingerprint density at radius 2 is 1.68 bits per heavy atom. The number of carbonyl (C=O) groups excluding carboxylic acids is 2. The Morgan fingerprint density at radius 3 is 2.35 bits per heavy atom. The molecule has 0 bridgehead atoms. The van der Waals surface area contributed by atoms with Gasteiger partial charge in [-0.3, -0.25) is 14.5 Å². The maximum absolute atomic E-state index is 13.2. The third kappa shape index (κ3) is 6.52. The number of para-hydroxylation sites is 1. The first-order chi connectivity index (χ1) is 14.7. The third-order valence-corrected chi connectivity index (χ3v) is 5.12. The van der Waals surface area contributed by atoms with Gasteiger partial charge in [-0.1, -0.05) is 24.3 Å². The molecule has 1 aliphatic rings. The van der Waals surface area contributed by atoms with Crippen LogP contribution >= 0.6 is 0 Å². The fourth-order valence-corrected chi connectivity index (χ4v) is 3.49. The maximum atomic E-state index is 13.2. The number of halogens is 4. The molecular formula is C22H23F4N3O2. The molecule has 0 aromatic heterocycles. The predicted molar refractivity (Wildman–Crippen MR) is 108 cm³/mol. The molecule has 1 fully saturated rings. The summed E-state index contributed by atoms with van der Waals surface area (Å²) in [5, 5.41) is 2.33. The number of nitrogens with one attached hydrogen (secondary N) is 1. The Balaban J connectivity index is 1.45. The maximum Gasteiger partial charge on any atom is 0.418 e. The van der Waals surface area contributed by atoms with Gasteiger partial charge in [0.2, 0.25) is 11.8 Å². The summed E-state index contributed by atoms with van der Waals surface area (Å²) in [6.07, 6.45) is -3.85. The molecule has 2 amide bonds. The monoisotopic (exact) mass is 437 g/mol. The van der Waals surface area contributed by atoms with E-state index < -0.39 is 17.6 Å². The Labute approximate surface area is 177 Å². The summed E-state index contributed by atoms with van der Waals surface area (Å²) in [6, 6.07) is 11.0. The van der Waals surface area contributed by atoms with Crippen molar-refractivity contribution in [2.75, 3.05) is 38.0 Å². The summed E-state index contributed by atoms with van der Waals surface area (Å²) in [5.41, 5.74) is -0.411. The first-order valence-corrected chi connectivity index (χ1v) is 9.93. The fourth-order valence-electron chi connectivity index (χ4n) is 3.49. The lowest BCUT2D eigenvalue weighted by atomic mass is 10.1. The molecule has 0 saturated carbocycles. The van der Waals surface area contributed by atoms with Gasteiger partial charge >= 0.3 is 6.18 Å². The Bertz CT molecular complexity index is 925. The van der Waals surface area contributed by atoms with Crippen molar-refractivity contribution in [3.05, 3.63) is 65.5 Å². The van der Waals surface area contributed by atoms with E-state index >= 15 is 0 Å². The van der Waals surface area contributed by atoms with Gasteiger partial charge in [0.1, 0.15) is 5.82 Å². The molecule has 0 atom stereocenters. The topological polar surface area (TPSA) is 52.7 Å². The smallest absolute Gasteiger partial charge is 0.340 e. The summed E-state index contributed by atoms with van der Waals surface area (Å²) in [6.45, 7) is 1.68. The van der Waals surface area contributed by atoms with Crippen LogP contribution in [0.5, 0.6) is 0 Å². The van der Waals surface area contributed by atoms with E-state index in [-0.39, 0.29) is 30.4 Å². The lowest BCUT2D eigenvalue weighted by Gasteiger charge is -2.34. The molecule has 0 radical (unpaired) electrons. The van der Waals surface area contributed by atoms with Gasteiger partial charge in [0, 0.05) is 32.6 Å². The molecule has 0 unspecified atom stereocenters. The highest BCUT2D eigenvalue weighted by Crippen LogP contribution is 2.34. The van der Waals surface area contributed by atoms with Crippen molar-refractivity contribution < 1.29 is 27.2 Å². The number of hydrogen-bond acceptors (Lipinski definition) is 3. The lowest BCUT2D eigenvalue weighted by Crippen LogP contribution is -2.50. The summed E-state index contributed by atoms with van der Waals surface area (Å²) in [5.74, 6) is -0.926.